The maximum absolute atomic E-state index is 12.1. The molecule has 1 unspecified atom stereocenters. The summed E-state index contributed by atoms with van der Waals surface area (Å²) in [5, 5.41) is 2.01. The van der Waals surface area contributed by atoms with Gasteiger partial charge in [-0.1, -0.05) is 0 Å². The molecule has 0 radical (unpaired) electrons. The number of amides is 1. The number of halogens is 1. The summed E-state index contributed by atoms with van der Waals surface area (Å²) in [7, 11) is 3.12. The van der Waals surface area contributed by atoms with Crippen molar-refractivity contribution < 1.29 is 14.3 Å². The number of hydrogen-bond donors (Lipinski definition) is 0. The third kappa shape index (κ3) is 3.23. The van der Waals surface area contributed by atoms with Crippen LogP contribution >= 0.6 is 22.9 Å². The van der Waals surface area contributed by atoms with E-state index < -0.39 is 6.23 Å². The second kappa shape index (κ2) is 7.09. The first-order chi connectivity index (χ1) is 8.56. The van der Waals surface area contributed by atoms with Crippen LogP contribution < -0.4 is 4.90 Å². The van der Waals surface area contributed by atoms with Crippen LogP contribution in [-0.2, 0) is 14.3 Å². The van der Waals surface area contributed by atoms with Crippen molar-refractivity contribution in [2.75, 3.05) is 31.6 Å². The minimum absolute atomic E-state index is 0.0850. The van der Waals surface area contributed by atoms with E-state index >= 15 is 0 Å². The molecule has 1 amide bonds. The quantitative estimate of drug-likeness (QED) is 0.597. The molecule has 0 fully saturated rings. The van der Waals surface area contributed by atoms with Crippen molar-refractivity contribution in [3.05, 3.63) is 15.8 Å². The Morgan fingerprint density at radius 2 is 2.17 bits per heavy atom. The average molecular weight is 292 g/mol. The van der Waals surface area contributed by atoms with Gasteiger partial charge < -0.3 is 9.47 Å². The molecule has 1 heterocycles. The molecule has 4 nitrogen and oxygen atoms in total. The lowest BCUT2D eigenvalue weighted by Crippen LogP contribution is -2.45. The Labute approximate surface area is 116 Å². The highest BCUT2D eigenvalue weighted by molar-refractivity contribution is 7.10. The molecule has 0 aliphatic rings. The molecule has 0 aliphatic heterocycles. The van der Waals surface area contributed by atoms with Gasteiger partial charge >= 0.3 is 0 Å². The Morgan fingerprint density at radius 1 is 1.50 bits per heavy atom. The summed E-state index contributed by atoms with van der Waals surface area (Å²) in [6.07, 6.45) is -0.465. The van der Waals surface area contributed by atoms with Crippen molar-refractivity contribution in [1.29, 1.82) is 0 Å². The molecule has 0 saturated heterocycles. The van der Waals surface area contributed by atoms with Crippen molar-refractivity contribution >= 4 is 34.5 Å². The van der Waals surface area contributed by atoms with Crippen LogP contribution in [0.1, 0.15) is 10.4 Å². The van der Waals surface area contributed by atoms with Crippen LogP contribution in [0.5, 0.6) is 0 Å². The fourth-order valence-electron chi connectivity index (χ4n) is 1.81. The smallest absolute Gasteiger partial charge is 0.244 e. The number of aryl methyl sites for hydroxylation is 2. The van der Waals surface area contributed by atoms with Gasteiger partial charge in [-0.25, -0.2) is 0 Å². The Balaban J connectivity index is 3.16. The fraction of sp³-hybridized carbons (Fsp3) is 0.583. The molecule has 1 atom stereocenters. The van der Waals surface area contributed by atoms with Gasteiger partial charge in [-0.3, -0.25) is 9.69 Å². The van der Waals surface area contributed by atoms with E-state index in [1.807, 2.05) is 19.2 Å². The predicted molar refractivity (Wildman–Crippen MR) is 74.7 cm³/mol. The van der Waals surface area contributed by atoms with Gasteiger partial charge in [0.15, 0.2) is 6.23 Å². The Bertz CT molecular complexity index is 389. The number of anilines is 1. The molecule has 0 aliphatic carbocycles. The molecule has 0 spiro atoms. The number of nitrogens with zero attached hydrogens (tertiary/aromatic N) is 1. The van der Waals surface area contributed by atoms with E-state index in [-0.39, 0.29) is 11.8 Å². The van der Waals surface area contributed by atoms with Crippen LogP contribution in [0.15, 0.2) is 5.38 Å². The summed E-state index contributed by atoms with van der Waals surface area (Å²) in [6, 6.07) is 0. The van der Waals surface area contributed by atoms with Crippen molar-refractivity contribution in [1.82, 2.24) is 0 Å². The van der Waals surface area contributed by atoms with Crippen molar-refractivity contribution in [3.8, 4) is 0 Å². The molecule has 18 heavy (non-hydrogen) atoms. The largest absolute Gasteiger partial charge is 0.380 e. The maximum Gasteiger partial charge on any atom is 0.244 e. The summed E-state index contributed by atoms with van der Waals surface area (Å²) >= 11 is 7.29. The number of hydrogen-bond acceptors (Lipinski definition) is 4. The Hall–Kier alpha value is -0.620. The van der Waals surface area contributed by atoms with Crippen molar-refractivity contribution in [3.63, 3.8) is 0 Å². The molecular weight excluding hydrogens is 274 g/mol. The summed E-state index contributed by atoms with van der Waals surface area (Å²) in [4.78, 5) is 14.7. The second-order valence-corrected chi connectivity index (χ2v) is 5.22. The zero-order valence-corrected chi connectivity index (χ0v) is 12.6. The van der Waals surface area contributed by atoms with Gasteiger partial charge in [0.2, 0.25) is 5.91 Å². The average Bonchev–Trinajstić information content (AvgIpc) is 2.69. The summed E-state index contributed by atoms with van der Waals surface area (Å²) in [5.74, 6) is -0.275. The van der Waals surface area contributed by atoms with E-state index in [0.717, 1.165) is 16.1 Å². The minimum Gasteiger partial charge on any atom is -0.380 e. The highest BCUT2D eigenvalue weighted by Gasteiger charge is 2.27. The molecule has 0 aromatic carbocycles. The molecular formula is C12H18ClNO3S. The third-order valence-electron chi connectivity index (χ3n) is 2.61. The molecule has 0 N–H and O–H groups in total. The monoisotopic (exact) mass is 291 g/mol. The normalized spacial score (nSPS) is 12.5. The Kier molecular flexibility index (Phi) is 6.08. The molecule has 0 bridgehead atoms. The lowest BCUT2D eigenvalue weighted by Gasteiger charge is -2.30. The zero-order valence-electron chi connectivity index (χ0n) is 11.0. The van der Waals surface area contributed by atoms with Crippen LogP contribution in [-0.4, -0.2) is 38.8 Å². The van der Waals surface area contributed by atoms with Gasteiger partial charge in [0, 0.05) is 19.1 Å². The highest BCUT2D eigenvalue weighted by Crippen LogP contribution is 2.32. The first-order valence-electron chi connectivity index (χ1n) is 5.51. The predicted octanol–water partition coefficient (Wildman–Crippen LogP) is 2.56. The second-order valence-electron chi connectivity index (χ2n) is 3.87. The summed E-state index contributed by atoms with van der Waals surface area (Å²) in [6.45, 7) is 4.24. The molecule has 1 aromatic rings. The Morgan fingerprint density at radius 3 is 2.56 bits per heavy atom. The van der Waals surface area contributed by atoms with E-state index in [0.29, 0.717) is 6.61 Å². The van der Waals surface area contributed by atoms with Crippen LogP contribution in [0.4, 0.5) is 5.69 Å². The maximum atomic E-state index is 12.1. The fourth-order valence-corrected chi connectivity index (χ4v) is 2.77. The van der Waals surface area contributed by atoms with Crippen LogP contribution in [0.25, 0.3) is 0 Å². The first-order valence-corrected chi connectivity index (χ1v) is 6.92. The summed E-state index contributed by atoms with van der Waals surface area (Å²) < 4.78 is 10.4. The SMILES string of the molecule is COCC(OC)N(C(=O)CCl)c1c(C)csc1C. The third-order valence-corrected chi connectivity index (χ3v) is 3.86. The number of ether oxygens (including phenoxy) is 2. The molecule has 1 rings (SSSR count). The van der Waals surface area contributed by atoms with Crippen molar-refractivity contribution in [2.45, 2.75) is 20.1 Å². The molecule has 0 saturated carbocycles. The number of carbonyl (C=O) groups is 1. The zero-order chi connectivity index (χ0) is 13.7. The van der Waals surface area contributed by atoms with Crippen LogP contribution in [0.2, 0.25) is 0 Å². The first kappa shape index (κ1) is 15.4. The van der Waals surface area contributed by atoms with Crippen molar-refractivity contribution in [2.24, 2.45) is 0 Å². The van der Waals surface area contributed by atoms with E-state index in [1.54, 1.807) is 30.5 Å². The lowest BCUT2D eigenvalue weighted by atomic mass is 10.2. The van der Waals surface area contributed by atoms with Gasteiger partial charge in [0.05, 0.1) is 12.3 Å². The molecule has 6 heteroatoms. The van der Waals surface area contributed by atoms with Gasteiger partial charge in [0.25, 0.3) is 0 Å². The number of rotatable bonds is 6. The number of carbonyl (C=O) groups excluding carboxylic acids is 1. The van der Waals surface area contributed by atoms with E-state index in [2.05, 4.69) is 0 Å². The highest BCUT2D eigenvalue weighted by atomic mass is 35.5. The lowest BCUT2D eigenvalue weighted by molar-refractivity contribution is -0.119. The minimum atomic E-state index is -0.465. The topological polar surface area (TPSA) is 38.8 Å². The van der Waals surface area contributed by atoms with Gasteiger partial charge in [-0.2, -0.15) is 0 Å². The standard InChI is InChI=1S/C12H18ClNO3S/c1-8-7-18-9(2)12(8)14(10(15)5-13)11(17-4)6-16-3/h7,11H,5-6H2,1-4H3. The molecule has 1 aromatic heterocycles. The van der Waals surface area contributed by atoms with Gasteiger partial charge in [0.1, 0.15) is 5.88 Å². The number of alkyl halides is 1. The van der Waals surface area contributed by atoms with Gasteiger partial charge in [-0.05, 0) is 24.8 Å². The van der Waals surface area contributed by atoms with Crippen LogP contribution in [0.3, 0.4) is 0 Å². The van der Waals surface area contributed by atoms with E-state index in [4.69, 9.17) is 21.1 Å². The number of thiophene rings is 1. The van der Waals surface area contributed by atoms with E-state index in [9.17, 15) is 4.79 Å². The molecule has 102 valence electrons. The van der Waals surface area contributed by atoms with Gasteiger partial charge in [-0.15, -0.1) is 22.9 Å². The van der Waals surface area contributed by atoms with E-state index in [1.165, 1.54) is 0 Å². The number of methoxy groups -OCH3 is 2. The van der Waals surface area contributed by atoms with Crippen LogP contribution in [0, 0.1) is 13.8 Å². The summed E-state index contributed by atoms with van der Waals surface area (Å²) in [5.41, 5.74) is 1.91.